The van der Waals surface area contributed by atoms with E-state index in [9.17, 15) is 0 Å². The van der Waals surface area contributed by atoms with Crippen molar-refractivity contribution in [3.8, 4) is 0 Å². The van der Waals surface area contributed by atoms with Gasteiger partial charge in [0.15, 0.2) is 0 Å². The molecular formula is C16H27BrN2. The summed E-state index contributed by atoms with van der Waals surface area (Å²) in [5.74, 6) is 0.644. The predicted octanol–water partition coefficient (Wildman–Crippen LogP) is 4.99. The van der Waals surface area contributed by atoms with Gasteiger partial charge in [-0.25, -0.2) is 0 Å². The van der Waals surface area contributed by atoms with Crippen molar-refractivity contribution in [2.75, 3.05) is 17.2 Å². The van der Waals surface area contributed by atoms with Crippen LogP contribution in [0.3, 0.4) is 0 Å². The maximum atomic E-state index is 5.98. The second-order valence-corrected chi connectivity index (χ2v) is 6.53. The van der Waals surface area contributed by atoms with Crippen LogP contribution in [0.5, 0.6) is 0 Å². The minimum atomic E-state index is 0.585. The molecule has 0 aliphatic heterocycles. The molecule has 0 amide bonds. The predicted molar refractivity (Wildman–Crippen MR) is 89.8 cm³/mol. The van der Waals surface area contributed by atoms with E-state index in [0.29, 0.717) is 12.0 Å². The van der Waals surface area contributed by atoms with Gasteiger partial charge in [0.25, 0.3) is 0 Å². The Balaban J connectivity index is 3.20. The van der Waals surface area contributed by atoms with E-state index in [2.05, 4.69) is 61.5 Å². The van der Waals surface area contributed by atoms with Crippen LogP contribution in [0.1, 0.15) is 46.1 Å². The zero-order valence-electron chi connectivity index (χ0n) is 12.8. The first kappa shape index (κ1) is 16.4. The largest absolute Gasteiger partial charge is 0.398 e. The summed E-state index contributed by atoms with van der Waals surface area (Å²) in [6.07, 6.45) is 2.33. The molecule has 19 heavy (non-hydrogen) atoms. The van der Waals surface area contributed by atoms with Crippen LogP contribution in [0.25, 0.3) is 0 Å². The highest BCUT2D eigenvalue weighted by Crippen LogP contribution is 2.33. The number of nitrogens with zero attached hydrogens (tertiary/aromatic N) is 1. The lowest BCUT2D eigenvalue weighted by Gasteiger charge is -2.35. The molecule has 0 spiro atoms. The van der Waals surface area contributed by atoms with Crippen LogP contribution in [-0.2, 0) is 0 Å². The molecule has 0 heterocycles. The highest BCUT2D eigenvalue weighted by Gasteiger charge is 2.19. The van der Waals surface area contributed by atoms with Gasteiger partial charge < -0.3 is 10.6 Å². The number of aryl methyl sites for hydroxylation is 1. The zero-order chi connectivity index (χ0) is 14.6. The average molecular weight is 327 g/mol. The monoisotopic (exact) mass is 326 g/mol. The van der Waals surface area contributed by atoms with Gasteiger partial charge in [0.1, 0.15) is 0 Å². The normalized spacial score (nSPS) is 11.4. The molecule has 1 rings (SSSR count). The number of benzene rings is 1. The van der Waals surface area contributed by atoms with Gasteiger partial charge in [-0.15, -0.1) is 0 Å². The zero-order valence-corrected chi connectivity index (χ0v) is 14.4. The van der Waals surface area contributed by atoms with Crippen LogP contribution in [0.4, 0.5) is 11.4 Å². The van der Waals surface area contributed by atoms with Crippen molar-refractivity contribution in [3.05, 3.63) is 22.2 Å². The molecular weight excluding hydrogens is 300 g/mol. The summed E-state index contributed by atoms with van der Waals surface area (Å²) in [6.45, 7) is 12.2. The lowest BCUT2D eigenvalue weighted by atomic mass is 10.0. The smallest absolute Gasteiger partial charge is 0.0517 e. The van der Waals surface area contributed by atoms with Crippen molar-refractivity contribution in [3.63, 3.8) is 0 Å². The maximum Gasteiger partial charge on any atom is 0.0517 e. The van der Waals surface area contributed by atoms with E-state index < -0.39 is 0 Å². The summed E-state index contributed by atoms with van der Waals surface area (Å²) in [4.78, 5) is 2.53. The topological polar surface area (TPSA) is 29.3 Å². The molecule has 2 nitrogen and oxygen atoms in total. The molecule has 0 bridgehead atoms. The fourth-order valence-corrected chi connectivity index (χ4v) is 3.06. The van der Waals surface area contributed by atoms with Crippen LogP contribution in [0.15, 0.2) is 16.6 Å². The summed E-state index contributed by atoms with van der Waals surface area (Å²) >= 11 is 3.68. The molecule has 0 aromatic heterocycles. The third-order valence-electron chi connectivity index (χ3n) is 3.59. The Morgan fingerprint density at radius 3 is 2.26 bits per heavy atom. The molecule has 0 atom stereocenters. The number of nitrogen functional groups attached to an aromatic ring is 1. The number of rotatable bonds is 6. The van der Waals surface area contributed by atoms with E-state index in [1.54, 1.807) is 0 Å². The van der Waals surface area contributed by atoms with Crippen molar-refractivity contribution in [1.82, 2.24) is 0 Å². The lowest BCUT2D eigenvalue weighted by molar-refractivity contribution is 0.507. The first-order chi connectivity index (χ1) is 8.90. The fraction of sp³-hybridized carbons (Fsp3) is 0.625. The van der Waals surface area contributed by atoms with E-state index in [1.807, 2.05) is 6.07 Å². The maximum absolute atomic E-state index is 5.98. The van der Waals surface area contributed by atoms with E-state index in [0.717, 1.165) is 22.3 Å². The number of halogens is 1. The third kappa shape index (κ3) is 4.13. The quantitative estimate of drug-likeness (QED) is 0.746. The van der Waals surface area contributed by atoms with Crippen LogP contribution in [0.2, 0.25) is 0 Å². The Hall–Kier alpha value is -0.700. The Morgan fingerprint density at radius 1 is 1.21 bits per heavy atom. The highest BCUT2D eigenvalue weighted by atomic mass is 79.9. The fourth-order valence-electron chi connectivity index (χ4n) is 2.47. The van der Waals surface area contributed by atoms with Gasteiger partial charge in [-0.05, 0) is 59.3 Å². The van der Waals surface area contributed by atoms with Crippen molar-refractivity contribution >= 4 is 27.3 Å². The Labute approximate surface area is 126 Å². The van der Waals surface area contributed by atoms with E-state index in [1.165, 1.54) is 18.5 Å². The molecule has 2 N–H and O–H groups in total. The van der Waals surface area contributed by atoms with Gasteiger partial charge in [-0.1, -0.05) is 27.7 Å². The van der Waals surface area contributed by atoms with E-state index in [4.69, 9.17) is 5.73 Å². The second-order valence-electron chi connectivity index (χ2n) is 5.68. The minimum absolute atomic E-state index is 0.585. The molecule has 0 aliphatic carbocycles. The van der Waals surface area contributed by atoms with Crippen LogP contribution < -0.4 is 10.6 Å². The van der Waals surface area contributed by atoms with Crippen molar-refractivity contribution < 1.29 is 0 Å². The van der Waals surface area contributed by atoms with E-state index in [-0.39, 0.29) is 0 Å². The van der Waals surface area contributed by atoms with E-state index >= 15 is 0 Å². The first-order valence-corrected chi connectivity index (χ1v) is 8.02. The Kier molecular flexibility index (Phi) is 6.18. The van der Waals surface area contributed by atoms with Gasteiger partial charge in [0, 0.05) is 22.7 Å². The number of hydrogen-bond donors (Lipinski definition) is 1. The molecule has 0 fully saturated rings. The molecule has 0 saturated heterocycles. The molecule has 0 aliphatic rings. The molecule has 1 aromatic carbocycles. The van der Waals surface area contributed by atoms with Crippen LogP contribution in [-0.4, -0.2) is 12.6 Å². The van der Waals surface area contributed by atoms with Gasteiger partial charge in [-0.3, -0.25) is 0 Å². The summed E-state index contributed by atoms with van der Waals surface area (Å²) < 4.78 is 1.10. The Morgan fingerprint density at radius 2 is 1.79 bits per heavy atom. The molecule has 108 valence electrons. The SMILES string of the molecule is CCC(CC)N(CC(C)C)c1cc(C)c(N)cc1Br. The highest BCUT2D eigenvalue weighted by molar-refractivity contribution is 9.10. The van der Waals surface area contributed by atoms with Crippen LogP contribution >= 0.6 is 15.9 Å². The van der Waals surface area contributed by atoms with Gasteiger partial charge in [0.2, 0.25) is 0 Å². The van der Waals surface area contributed by atoms with Crippen molar-refractivity contribution in [2.45, 2.75) is 53.5 Å². The first-order valence-electron chi connectivity index (χ1n) is 7.22. The summed E-state index contributed by atoms with van der Waals surface area (Å²) in [5, 5.41) is 0. The number of nitrogens with two attached hydrogens (primary N) is 1. The van der Waals surface area contributed by atoms with Gasteiger partial charge in [0.05, 0.1) is 5.69 Å². The summed E-state index contributed by atoms with van der Waals surface area (Å²) in [7, 11) is 0. The molecule has 0 saturated carbocycles. The molecule has 0 unspecified atom stereocenters. The number of anilines is 2. The van der Waals surface area contributed by atoms with Crippen molar-refractivity contribution in [1.29, 1.82) is 0 Å². The minimum Gasteiger partial charge on any atom is -0.398 e. The third-order valence-corrected chi connectivity index (χ3v) is 4.23. The van der Waals surface area contributed by atoms with Gasteiger partial charge >= 0.3 is 0 Å². The lowest BCUT2D eigenvalue weighted by Crippen LogP contribution is -2.37. The summed E-state index contributed by atoms with van der Waals surface area (Å²) in [5.41, 5.74) is 9.26. The second kappa shape index (κ2) is 7.18. The summed E-state index contributed by atoms with van der Waals surface area (Å²) in [6, 6.07) is 4.82. The van der Waals surface area contributed by atoms with Crippen LogP contribution in [0, 0.1) is 12.8 Å². The molecule has 0 radical (unpaired) electrons. The molecule has 3 heteroatoms. The number of hydrogen-bond acceptors (Lipinski definition) is 2. The van der Waals surface area contributed by atoms with Gasteiger partial charge in [-0.2, -0.15) is 0 Å². The van der Waals surface area contributed by atoms with Crippen molar-refractivity contribution in [2.24, 2.45) is 5.92 Å². The average Bonchev–Trinajstić information content (AvgIpc) is 2.33. The standard InChI is InChI=1S/C16H27BrN2/c1-6-13(7-2)19(10-11(3)4)16-8-12(5)15(18)9-14(16)17/h8-9,11,13H,6-7,10,18H2,1-5H3. The Bertz CT molecular complexity index is 411. The molecule has 1 aromatic rings.